The van der Waals surface area contributed by atoms with Gasteiger partial charge in [0.25, 0.3) is 0 Å². The van der Waals surface area contributed by atoms with Crippen molar-refractivity contribution < 1.29 is 19.7 Å². The van der Waals surface area contributed by atoms with Gasteiger partial charge in [0.15, 0.2) is 6.29 Å². The lowest BCUT2D eigenvalue weighted by atomic mass is 10.0. The second-order valence-corrected chi connectivity index (χ2v) is 3.39. The van der Waals surface area contributed by atoms with E-state index in [1.165, 1.54) is 6.92 Å². The zero-order valence-corrected chi connectivity index (χ0v) is 9.77. The molecule has 2 N–H and O–H groups in total. The van der Waals surface area contributed by atoms with Crippen molar-refractivity contribution in [3.8, 4) is 0 Å². The van der Waals surface area contributed by atoms with Gasteiger partial charge in [-0.1, -0.05) is 6.58 Å². The summed E-state index contributed by atoms with van der Waals surface area (Å²) >= 11 is 0. The molecule has 90 valence electrons. The quantitative estimate of drug-likeness (QED) is 0.472. The van der Waals surface area contributed by atoms with E-state index < -0.39 is 12.2 Å². The van der Waals surface area contributed by atoms with Crippen LogP contribution in [0.1, 0.15) is 27.2 Å². The molecule has 0 unspecified atom stereocenters. The fourth-order valence-corrected chi connectivity index (χ4v) is 1.21. The Hall–Kier alpha value is -0.420. The van der Waals surface area contributed by atoms with Crippen LogP contribution in [0.2, 0.25) is 0 Å². The summed E-state index contributed by atoms with van der Waals surface area (Å²) in [6.07, 6.45) is -1.73. The second-order valence-electron chi connectivity index (χ2n) is 3.39. The molecule has 4 nitrogen and oxygen atoms in total. The summed E-state index contributed by atoms with van der Waals surface area (Å²) in [7, 11) is 0. The molecule has 0 aliphatic carbocycles. The van der Waals surface area contributed by atoms with Crippen molar-refractivity contribution in [2.24, 2.45) is 0 Å². The van der Waals surface area contributed by atoms with E-state index in [1.807, 2.05) is 13.8 Å². The Kier molecular flexibility index (Phi) is 7.60. The van der Waals surface area contributed by atoms with Gasteiger partial charge in [0.1, 0.15) is 6.10 Å². The number of hydrogen-bond acceptors (Lipinski definition) is 4. The summed E-state index contributed by atoms with van der Waals surface area (Å²) in [5.74, 6) is 0. The Morgan fingerprint density at radius 2 is 1.67 bits per heavy atom. The van der Waals surface area contributed by atoms with Gasteiger partial charge in [0.2, 0.25) is 0 Å². The molecule has 15 heavy (non-hydrogen) atoms. The lowest BCUT2D eigenvalue weighted by Crippen LogP contribution is -2.28. The van der Waals surface area contributed by atoms with E-state index in [1.54, 1.807) is 0 Å². The lowest BCUT2D eigenvalue weighted by Gasteiger charge is -2.22. The van der Waals surface area contributed by atoms with Gasteiger partial charge in [-0.25, -0.2) is 0 Å². The lowest BCUT2D eigenvalue weighted by molar-refractivity contribution is -0.136. The molecule has 0 aliphatic heterocycles. The molecule has 0 radical (unpaired) electrons. The van der Waals surface area contributed by atoms with Crippen molar-refractivity contribution >= 4 is 0 Å². The highest BCUT2D eigenvalue weighted by Crippen LogP contribution is 2.14. The third-order valence-corrected chi connectivity index (χ3v) is 2.01. The molecular formula is C11H22O4. The van der Waals surface area contributed by atoms with Gasteiger partial charge in [-0.3, -0.25) is 0 Å². The number of ether oxygens (including phenoxy) is 2. The minimum absolute atomic E-state index is 0.388. The number of rotatable bonds is 8. The average molecular weight is 218 g/mol. The van der Waals surface area contributed by atoms with Crippen molar-refractivity contribution in [2.45, 2.75) is 45.7 Å². The Labute approximate surface area is 91.5 Å². The molecule has 0 spiro atoms. The van der Waals surface area contributed by atoms with Crippen LogP contribution in [0.4, 0.5) is 0 Å². The topological polar surface area (TPSA) is 58.9 Å². The third-order valence-electron chi connectivity index (χ3n) is 2.01. The molecule has 0 aromatic rings. The van der Waals surface area contributed by atoms with Crippen LogP contribution in [-0.4, -0.2) is 41.9 Å². The van der Waals surface area contributed by atoms with Gasteiger partial charge >= 0.3 is 0 Å². The standard InChI is InChI=1S/C11H22O4/c1-5-14-10(15-6-2)7-8(3)11(13)9(4)12/h9-13H,3,5-7H2,1-2,4H3/t9-,11+/m1/s1. The van der Waals surface area contributed by atoms with E-state index in [0.717, 1.165) is 0 Å². The van der Waals surface area contributed by atoms with E-state index in [0.29, 0.717) is 25.2 Å². The zero-order valence-electron chi connectivity index (χ0n) is 9.77. The van der Waals surface area contributed by atoms with Crippen LogP contribution < -0.4 is 0 Å². The van der Waals surface area contributed by atoms with Crippen molar-refractivity contribution in [3.63, 3.8) is 0 Å². The SMILES string of the molecule is C=C(CC(OCC)OCC)[C@H](O)[C@@H](C)O. The van der Waals surface area contributed by atoms with E-state index in [2.05, 4.69) is 6.58 Å². The highest BCUT2D eigenvalue weighted by atomic mass is 16.7. The van der Waals surface area contributed by atoms with E-state index in [4.69, 9.17) is 9.47 Å². The smallest absolute Gasteiger partial charge is 0.161 e. The molecule has 0 amide bonds. The first kappa shape index (κ1) is 14.6. The molecular weight excluding hydrogens is 196 g/mol. The van der Waals surface area contributed by atoms with Gasteiger partial charge in [-0.2, -0.15) is 0 Å². The van der Waals surface area contributed by atoms with Gasteiger partial charge in [-0.15, -0.1) is 0 Å². The summed E-state index contributed by atoms with van der Waals surface area (Å²) in [6, 6.07) is 0. The van der Waals surface area contributed by atoms with Crippen molar-refractivity contribution in [2.75, 3.05) is 13.2 Å². The average Bonchev–Trinajstić information content (AvgIpc) is 2.17. The third kappa shape index (κ3) is 5.89. The highest BCUT2D eigenvalue weighted by molar-refractivity contribution is 5.04. The van der Waals surface area contributed by atoms with Crippen LogP contribution >= 0.6 is 0 Å². The predicted molar refractivity (Wildman–Crippen MR) is 58.5 cm³/mol. The van der Waals surface area contributed by atoms with Crippen LogP contribution in [0.15, 0.2) is 12.2 Å². The van der Waals surface area contributed by atoms with Crippen LogP contribution in [0, 0.1) is 0 Å². The molecule has 0 saturated heterocycles. The summed E-state index contributed by atoms with van der Waals surface area (Å²) in [5, 5.41) is 18.7. The molecule has 4 heteroatoms. The first-order valence-corrected chi connectivity index (χ1v) is 5.29. The molecule has 0 aliphatic rings. The maximum Gasteiger partial charge on any atom is 0.161 e. The predicted octanol–water partition coefficient (Wildman–Crippen LogP) is 1.07. The Morgan fingerprint density at radius 1 is 1.20 bits per heavy atom. The normalized spacial score (nSPS) is 15.3. The minimum atomic E-state index is -0.923. The summed E-state index contributed by atoms with van der Waals surface area (Å²) < 4.78 is 10.6. The van der Waals surface area contributed by atoms with E-state index in [9.17, 15) is 10.2 Å². The highest BCUT2D eigenvalue weighted by Gasteiger charge is 2.19. The maximum atomic E-state index is 9.52. The Balaban J connectivity index is 4.09. The molecule has 0 saturated carbocycles. The van der Waals surface area contributed by atoms with Crippen molar-refractivity contribution in [3.05, 3.63) is 12.2 Å². The fraction of sp³-hybridized carbons (Fsp3) is 0.818. The summed E-state index contributed by atoms with van der Waals surface area (Å²) in [4.78, 5) is 0. The molecule has 0 bridgehead atoms. The summed E-state index contributed by atoms with van der Waals surface area (Å²) in [5.41, 5.74) is 0.525. The largest absolute Gasteiger partial charge is 0.390 e. The molecule has 0 aromatic heterocycles. The van der Waals surface area contributed by atoms with Gasteiger partial charge in [-0.05, 0) is 26.3 Å². The van der Waals surface area contributed by atoms with Crippen LogP contribution in [0.5, 0.6) is 0 Å². The van der Waals surface area contributed by atoms with Gasteiger partial charge in [0.05, 0.1) is 6.10 Å². The molecule has 0 heterocycles. The van der Waals surface area contributed by atoms with Crippen molar-refractivity contribution in [1.29, 1.82) is 0 Å². The van der Waals surface area contributed by atoms with Crippen molar-refractivity contribution in [1.82, 2.24) is 0 Å². The number of aliphatic hydroxyl groups is 2. The van der Waals surface area contributed by atoms with E-state index in [-0.39, 0.29) is 6.29 Å². The number of hydrogen-bond donors (Lipinski definition) is 2. The Bertz CT molecular complexity index is 173. The molecule has 2 atom stereocenters. The van der Waals surface area contributed by atoms with Gasteiger partial charge in [0, 0.05) is 19.6 Å². The van der Waals surface area contributed by atoms with E-state index >= 15 is 0 Å². The maximum absolute atomic E-state index is 9.52. The van der Waals surface area contributed by atoms with Crippen LogP contribution in [-0.2, 0) is 9.47 Å². The molecule has 0 fully saturated rings. The van der Waals surface area contributed by atoms with Crippen LogP contribution in [0.3, 0.4) is 0 Å². The van der Waals surface area contributed by atoms with Crippen LogP contribution in [0.25, 0.3) is 0 Å². The minimum Gasteiger partial charge on any atom is -0.390 e. The molecule has 0 rings (SSSR count). The first-order valence-electron chi connectivity index (χ1n) is 5.29. The monoisotopic (exact) mass is 218 g/mol. The number of aliphatic hydroxyl groups excluding tert-OH is 2. The summed E-state index contributed by atoms with van der Waals surface area (Å²) in [6.45, 7) is 10.1. The molecule has 0 aromatic carbocycles. The second kappa shape index (κ2) is 7.82. The van der Waals surface area contributed by atoms with Gasteiger partial charge < -0.3 is 19.7 Å². The fourth-order valence-electron chi connectivity index (χ4n) is 1.21. The first-order chi connectivity index (χ1) is 7.02. The zero-order chi connectivity index (χ0) is 11.8. The Morgan fingerprint density at radius 3 is 2.00 bits per heavy atom.